The standard InChI is InChI=1S/C8H9N3O.ClH/c9-8(10)11-7-3-1-6(5-12)2-4-7;/h1-5H,(H4,9,10,11);1H. The van der Waals surface area contributed by atoms with Crippen LogP contribution in [0.3, 0.4) is 0 Å². The molecule has 1 aromatic rings. The van der Waals surface area contributed by atoms with Crippen LogP contribution in [0, 0.1) is 0 Å². The van der Waals surface area contributed by atoms with Crippen LogP contribution in [0.5, 0.6) is 0 Å². The van der Waals surface area contributed by atoms with Gasteiger partial charge in [-0.15, -0.1) is 0 Å². The van der Waals surface area contributed by atoms with Gasteiger partial charge in [-0.3, -0.25) is 16.3 Å². The lowest BCUT2D eigenvalue weighted by Gasteiger charge is -1.91. The van der Waals surface area contributed by atoms with Crippen LogP contribution < -0.4 is 28.9 Å². The Balaban J connectivity index is 0.00000144. The van der Waals surface area contributed by atoms with Crippen LogP contribution in [0.2, 0.25) is 0 Å². The van der Waals surface area contributed by atoms with Crippen LogP contribution >= 0.6 is 0 Å². The van der Waals surface area contributed by atoms with Crippen molar-refractivity contribution < 1.29 is 22.2 Å². The van der Waals surface area contributed by atoms with E-state index in [1.54, 1.807) is 24.3 Å². The molecule has 5 heteroatoms. The molecule has 5 N–H and O–H groups in total. The maximum absolute atomic E-state index is 10.3. The highest BCUT2D eigenvalue weighted by Crippen LogP contribution is 2.00. The van der Waals surface area contributed by atoms with E-state index < -0.39 is 0 Å². The minimum Gasteiger partial charge on any atom is -1.00 e. The second-order valence-electron chi connectivity index (χ2n) is 2.32. The zero-order valence-electron chi connectivity index (χ0n) is 6.83. The van der Waals surface area contributed by atoms with Crippen LogP contribution in [0.4, 0.5) is 5.69 Å². The summed E-state index contributed by atoms with van der Waals surface area (Å²) in [5.41, 5.74) is 11.8. The summed E-state index contributed by atoms with van der Waals surface area (Å²) in [5, 5.41) is 0. The number of aldehydes is 1. The summed E-state index contributed by atoms with van der Waals surface area (Å²) in [6, 6.07) is 6.81. The normalized spacial score (nSPS) is 8.31. The van der Waals surface area contributed by atoms with E-state index in [-0.39, 0.29) is 18.4 Å². The first-order valence-corrected chi connectivity index (χ1v) is 3.42. The molecule has 0 atom stereocenters. The van der Waals surface area contributed by atoms with Crippen LogP contribution in [0.15, 0.2) is 24.3 Å². The third kappa shape index (κ3) is 3.57. The van der Waals surface area contributed by atoms with Crippen molar-refractivity contribution in [3.05, 3.63) is 29.8 Å². The molecule has 0 aliphatic rings. The molecule has 1 rings (SSSR count). The maximum atomic E-state index is 10.3. The van der Waals surface area contributed by atoms with Crippen molar-refractivity contribution in [2.24, 2.45) is 11.5 Å². The summed E-state index contributed by atoms with van der Waals surface area (Å²) < 4.78 is 0. The molecule has 1 aromatic carbocycles. The highest BCUT2D eigenvalue weighted by molar-refractivity contribution is 5.75. The fraction of sp³-hybridized carbons (Fsp3) is 0. The summed E-state index contributed by atoms with van der Waals surface area (Å²) in [4.78, 5) is 13.0. The Morgan fingerprint density at radius 2 is 1.77 bits per heavy atom. The fourth-order valence-corrected chi connectivity index (χ4v) is 0.812. The lowest BCUT2D eigenvalue weighted by atomic mass is 10.2. The average molecular weight is 200 g/mol. The fourth-order valence-electron chi connectivity index (χ4n) is 0.812. The second-order valence-corrected chi connectivity index (χ2v) is 2.32. The summed E-state index contributed by atoms with van der Waals surface area (Å²) >= 11 is 0. The van der Waals surface area contributed by atoms with Gasteiger partial charge in [-0.2, -0.15) is 0 Å². The van der Waals surface area contributed by atoms with Crippen molar-refractivity contribution in [3.63, 3.8) is 0 Å². The Morgan fingerprint density at radius 1 is 1.23 bits per heavy atom. The smallest absolute Gasteiger partial charge is 0.343 e. The largest absolute Gasteiger partial charge is 1.00 e. The maximum Gasteiger partial charge on any atom is 0.343 e. The Morgan fingerprint density at radius 3 is 2.15 bits per heavy atom. The number of guanidine groups is 1. The van der Waals surface area contributed by atoms with E-state index in [1.807, 2.05) is 0 Å². The van der Waals surface area contributed by atoms with Gasteiger partial charge in [-0.25, -0.2) is 4.99 Å². The Labute approximate surface area is 82.1 Å². The molecule has 70 valence electrons. The van der Waals surface area contributed by atoms with E-state index >= 15 is 0 Å². The van der Waals surface area contributed by atoms with Crippen molar-refractivity contribution >= 4 is 17.9 Å². The zero-order chi connectivity index (χ0) is 8.97. The van der Waals surface area contributed by atoms with E-state index in [2.05, 4.69) is 4.99 Å². The minimum absolute atomic E-state index is 0. The number of nitrogens with one attached hydrogen (secondary N) is 1. The quantitative estimate of drug-likeness (QED) is 0.255. The number of carbonyl (C=O) groups is 1. The summed E-state index contributed by atoms with van der Waals surface area (Å²) in [6.45, 7) is 0. The first-order chi connectivity index (χ1) is 5.72. The predicted molar refractivity (Wildman–Crippen MR) is 45.8 cm³/mol. The van der Waals surface area contributed by atoms with Gasteiger partial charge in [0.15, 0.2) is 0 Å². The Hall–Kier alpha value is -1.55. The monoisotopic (exact) mass is 199 g/mol. The van der Waals surface area contributed by atoms with Crippen LogP contribution in [-0.4, -0.2) is 12.2 Å². The van der Waals surface area contributed by atoms with Gasteiger partial charge in [0.2, 0.25) is 0 Å². The van der Waals surface area contributed by atoms with Crippen molar-refractivity contribution in [2.75, 3.05) is 0 Å². The minimum atomic E-state index is 0. The Kier molecular flexibility index (Phi) is 4.54. The third-order valence-corrected chi connectivity index (χ3v) is 1.34. The topological polar surface area (TPSA) is 83.1 Å². The molecule has 0 saturated heterocycles. The van der Waals surface area contributed by atoms with Gasteiger partial charge >= 0.3 is 5.96 Å². The molecule has 0 saturated carbocycles. The van der Waals surface area contributed by atoms with Crippen molar-refractivity contribution in [2.45, 2.75) is 0 Å². The molecule has 0 amide bonds. The van der Waals surface area contributed by atoms with Crippen molar-refractivity contribution in [1.29, 1.82) is 0 Å². The lowest BCUT2D eigenvalue weighted by Crippen LogP contribution is -3.00. The van der Waals surface area contributed by atoms with Gasteiger partial charge in [0.25, 0.3) is 0 Å². The first-order valence-electron chi connectivity index (χ1n) is 3.42. The van der Waals surface area contributed by atoms with E-state index in [9.17, 15) is 4.79 Å². The molecule has 0 aromatic heterocycles. The summed E-state index contributed by atoms with van der Waals surface area (Å²) in [6.07, 6.45) is 0.777. The number of carbonyl (C=O) groups excluding carboxylic acids is 1. The molecule has 0 radical (unpaired) electrons. The molecular formula is C8H10ClN3O. The molecule has 0 aliphatic carbocycles. The van der Waals surface area contributed by atoms with Crippen LogP contribution in [0.25, 0.3) is 0 Å². The average Bonchev–Trinajstić information content (AvgIpc) is 2.05. The van der Waals surface area contributed by atoms with Crippen LogP contribution in [-0.2, 0) is 0 Å². The molecule has 0 spiro atoms. The van der Waals surface area contributed by atoms with Crippen LogP contribution in [0.1, 0.15) is 10.4 Å². The first kappa shape index (κ1) is 11.4. The lowest BCUT2D eigenvalue weighted by molar-refractivity contribution is -0.356. The molecule has 0 fully saturated rings. The van der Waals surface area contributed by atoms with E-state index in [1.165, 1.54) is 0 Å². The van der Waals surface area contributed by atoms with Gasteiger partial charge in [0, 0.05) is 5.56 Å². The summed E-state index contributed by atoms with van der Waals surface area (Å²) in [7, 11) is 0. The molecule has 0 bridgehead atoms. The van der Waals surface area contributed by atoms with E-state index in [0.29, 0.717) is 5.56 Å². The number of nitrogens with two attached hydrogens (primary N) is 2. The third-order valence-electron chi connectivity index (χ3n) is 1.34. The van der Waals surface area contributed by atoms with Gasteiger partial charge in [-0.1, -0.05) is 0 Å². The second kappa shape index (κ2) is 5.16. The van der Waals surface area contributed by atoms with Gasteiger partial charge in [0.05, 0.1) is 5.69 Å². The molecule has 0 heterocycles. The molecule has 13 heavy (non-hydrogen) atoms. The van der Waals surface area contributed by atoms with Crippen molar-refractivity contribution in [3.8, 4) is 0 Å². The number of halogens is 1. The SMILES string of the molecule is NC(N)=[NH+]c1ccc(C=O)cc1.[Cl-]. The van der Waals surface area contributed by atoms with E-state index in [0.717, 1.165) is 12.0 Å². The molecule has 4 nitrogen and oxygen atoms in total. The van der Waals surface area contributed by atoms with Gasteiger partial charge < -0.3 is 12.4 Å². The molecule has 0 aliphatic heterocycles. The number of rotatable bonds is 2. The number of benzene rings is 1. The summed E-state index contributed by atoms with van der Waals surface area (Å²) in [5.74, 6) is 0.133. The zero-order valence-corrected chi connectivity index (χ0v) is 7.58. The van der Waals surface area contributed by atoms with Gasteiger partial charge in [0.1, 0.15) is 6.29 Å². The Bertz CT molecular complexity index is 304. The molecule has 0 unspecified atom stereocenters. The van der Waals surface area contributed by atoms with Gasteiger partial charge in [-0.05, 0) is 24.3 Å². The number of hydrogen-bond donors (Lipinski definition) is 3. The van der Waals surface area contributed by atoms with Crippen molar-refractivity contribution in [1.82, 2.24) is 0 Å². The highest BCUT2D eigenvalue weighted by atomic mass is 35.5. The molecular weight excluding hydrogens is 190 g/mol. The highest BCUT2D eigenvalue weighted by Gasteiger charge is 1.92. The van der Waals surface area contributed by atoms with E-state index in [4.69, 9.17) is 11.5 Å². The number of hydrogen-bond acceptors (Lipinski definition) is 1. The predicted octanol–water partition coefficient (Wildman–Crippen LogP) is -4.51.